The Hall–Kier alpha value is -0.480. The average molecular weight is 224 g/mol. The molecular formula is C15H28O. The molecule has 1 heteroatoms. The van der Waals surface area contributed by atoms with Crippen molar-refractivity contribution in [3.05, 3.63) is 0 Å². The summed E-state index contributed by atoms with van der Waals surface area (Å²) in [5, 5.41) is 8.56. The summed E-state index contributed by atoms with van der Waals surface area (Å²) in [6, 6.07) is 0. The zero-order valence-corrected chi connectivity index (χ0v) is 10.9. The lowest BCUT2D eigenvalue weighted by molar-refractivity contribution is 0.290. The van der Waals surface area contributed by atoms with Crippen molar-refractivity contribution in [1.29, 1.82) is 0 Å². The SMILES string of the molecule is CCCCCCCCCCC#CCCCO. The lowest BCUT2D eigenvalue weighted by Gasteiger charge is -1.99. The van der Waals surface area contributed by atoms with Crippen LogP contribution in [0.15, 0.2) is 0 Å². The molecule has 0 aliphatic carbocycles. The van der Waals surface area contributed by atoms with Crippen LogP contribution in [0.3, 0.4) is 0 Å². The molecule has 94 valence electrons. The Balaban J connectivity index is 2.99. The molecule has 0 atom stereocenters. The van der Waals surface area contributed by atoms with Crippen LogP contribution < -0.4 is 0 Å². The summed E-state index contributed by atoms with van der Waals surface area (Å²) < 4.78 is 0. The van der Waals surface area contributed by atoms with E-state index in [1.165, 1.54) is 51.4 Å². The first-order valence-electron chi connectivity index (χ1n) is 6.98. The third-order valence-electron chi connectivity index (χ3n) is 2.74. The van der Waals surface area contributed by atoms with E-state index in [-0.39, 0.29) is 6.61 Å². The Morgan fingerprint density at radius 3 is 1.75 bits per heavy atom. The van der Waals surface area contributed by atoms with Crippen LogP contribution in [0.25, 0.3) is 0 Å². The molecule has 0 aromatic rings. The maximum atomic E-state index is 8.56. The molecule has 0 spiro atoms. The fourth-order valence-corrected chi connectivity index (χ4v) is 1.69. The summed E-state index contributed by atoms with van der Waals surface area (Å²) in [5.74, 6) is 6.27. The number of aliphatic hydroxyl groups excluding tert-OH is 1. The molecule has 0 saturated carbocycles. The van der Waals surface area contributed by atoms with Crippen molar-refractivity contribution in [2.24, 2.45) is 0 Å². The predicted molar refractivity (Wildman–Crippen MR) is 71.3 cm³/mol. The van der Waals surface area contributed by atoms with Crippen molar-refractivity contribution in [2.75, 3.05) is 6.61 Å². The molecule has 0 aromatic carbocycles. The molecule has 16 heavy (non-hydrogen) atoms. The molecule has 0 aliphatic heterocycles. The molecule has 0 fully saturated rings. The first-order valence-corrected chi connectivity index (χ1v) is 6.98. The Kier molecular flexibility index (Phi) is 14.1. The highest BCUT2D eigenvalue weighted by Crippen LogP contribution is 2.09. The molecule has 0 heterocycles. The van der Waals surface area contributed by atoms with Crippen LogP contribution in [0.1, 0.15) is 77.6 Å². The largest absolute Gasteiger partial charge is 0.396 e. The lowest BCUT2D eigenvalue weighted by atomic mass is 10.1. The third-order valence-corrected chi connectivity index (χ3v) is 2.74. The van der Waals surface area contributed by atoms with Crippen LogP contribution in [0.5, 0.6) is 0 Å². The topological polar surface area (TPSA) is 20.2 Å². The molecule has 0 amide bonds. The van der Waals surface area contributed by atoms with Crippen molar-refractivity contribution in [2.45, 2.75) is 77.6 Å². The zero-order valence-electron chi connectivity index (χ0n) is 10.9. The molecule has 0 bridgehead atoms. The highest BCUT2D eigenvalue weighted by Gasteiger charge is 1.90. The fraction of sp³-hybridized carbons (Fsp3) is 0.867. The van der Waals surface area contributed by atoms with Crippen LogP contribution in [0.4, 0.5) is 0 Å². The second-order valence-electron chi connectivity index (χ2n) is 4.41. The molecule has 1 nitrogen and oxygen atoms in total. The molecule has 0 aromatic heterocycles. The van der Waals surface area contributed by atoms with E-state index >= 15 is 0 Å². The van der Waals surface area contributed by atoms with E-state index in [2.05, 4.69) is 18.8 Å². The third kappa shape index (κ3) is 13.5. The van der Waals surface area contributed by atoms with Gasteiger partial charge >= 0.3 is 0 Å². The maximum absolute atomic E-state index is 8.56. The minimum atomic E-state index is 0.270. The van der Waals surface area contributed by atoms with Gasteiger partial charge in [-0.3, -0.25) is 0 Å². The first-order chi connectivity index (χ1) is 7.91. The monoisotopic (exact) mass is 224 g/mol. The quantitative estimate of drug-likeness (QED) is 0.433. The molecule has 1 N–H and O–H groups in total. The van der Waals surface area contributed by atoms with Gasteiger partial charge in [-0.2, -0.15) is 0 Å². The van der Waals surface area contributed by atoms with Crippen LogP contribution in [-0.2, 0) is 0 Å². The van der Waals surface area contributed by atoms with Gasteiger partial charge in [0.05, 0.1) is 0 Å². The van der Waals surface area contributed by atoms with Gasteiger partial charge in [0.1, 0.15) is 0 Å². The van der Waals surface area contributed by atoms with E-state index in [0.29, 0.717) is 0 Å². The molecule has 0 rings (SSSR count). The van der Waals surface area contributed by atoms with Crippen LogP contribution in [0.2, 0.25) is 0 Å². The number of aliphatic hydroxyl groups is 1. The minimum Gasteiger partial charge on any atom is -0.396 e. The second kappa shape index (κ2) is 14.5. The van der Waals surface area contributed by atoms with Gasteiger partial charge in [-0.25, -0.2) is 0 Å². The number of unbranched alkanes of at least 4 members (excludes halogenated alkanes) is 9. The smallest absolute Gasteiger partial charge is 0.0440 e. The number of rotatable bonds is 10. The van der Waals surface area contributed by atoms with Gasteiger partial charge in [-0.1, -0.05) is 51.9 Å². The van der Waals surface area contributed by atoms with E-state index in [1.807, 2.05) is 0 Å². The second-order valence-corrected chi connectivity index (χ2v) is 4.41. The molecule has 0 aliphatic rings. The Morgan fingerprint density at radius 1 is 0.688 bits per heavy atom. The van der Waals surface area contributed by atoms with E-state index in [1.54, 1.807) is 0 Å². The van der Waals surface area contributed by atoms with E-state index in [9.17, 15) is 0 Å². The normalized spacial score (nSPS) is 9.88. The summed E-state index contributed by atoms with van der Waals surface area (Å²) in [4.78, 5) is 0. The number of hydrogen-bond donors (Lipinski definition) is 1. The van der Waals surface area contributed by atoms with Crippen molar-refractivity contribution in [3.8, 4) is 11.8 Å². The highest BCUT2D eigenvalue weighted by atomic mass is 16.2. The van der Waals surface area contributed by atoms with Crippen LogP contribution in [-0.4, -0.2) is 11.7 Å². The van der Waals surface area contributed by atoms with Gasteiger partial charge in [-0.05, 0) is 12.8 Å². The molecule has 0 saturated heterocycles. The van der Waals surface area contributed by atoms with Crippen molar-refractivity contribution < 1.29 is 5.11 Å². The first kappa shape index (κ1) is 15.5. The highest BCUT2D eigenvalue weighted by molar-refractivity contribution is 4.98. The Morgan fingerprint density at radius 2 is 1.19 bits per heavy atom. The van der Waals surface area contributed by atoms with Crippen molar-refractivity contribution in [1.82, 2.24) is 0 Å². The summed E-state index contributed by atoms with van der Waals surface area (Å²) in [6.07, 6.45) is 13.6. The maximum Gasteiger partial charge on any atom is 0.0440 e. The Labute approximate surface area is 102 Å². The fourth-order valence-electron chi connectivity index (χ4n) is 1.69. The zero-order chi connectivity index (χ0) is 11.9. The summed E-state index contributed by atoms with van der Waals surface area (Å²) in [6.45, 7) is 2.53. The standard InChI is InChI=1S/C15H28O/c1-2-3-4-5-6-7-8-9-10-11-12-13-14-15-16/h16H,2-10,13-15H2,1H3. The van der Waals surface area contributed by atoms with Crippen molar-refractivity contribution >= 4 is 0 Å². The van der Waals surface area contributed by atoms with Gasteiger partial charge in [0.2, 0.25) is 0 Å². The van der Waals surface area contributed by atoms with Gasteiger partial charge in [-0.15, -0.1) is 11.8 Å². The summed E-state index contributed by atoms with van der Waals surface area (Å²) in [7, 11) is 0. The van der Waals surface area contributed by atoms with Gasteiger partial charge < -0.3 is 5.11 Å². The summed E-state index contributed by atoms with van der Waals surface area (Å²) >= 11 is 0. The van der Waals surface area contributed by atoms with Gasteiger partial charge in [0.25, 0.3) is 0 Å². The van der Waals surface area contributed by atoms with Gasteiger partial charge in [0, 0.05) is 19.4 Å². The molecule has 0 radical (unpaired) electrons. The average Bonchev–Trinajstić information content (AvgIpc) is 2.31. The van der Waals surface area contributed by atoms with E-state index in [4.69, 9.17) is 5.11 Å². The van der Waals surface area contributed by atoms with Crippen LogP contribution in [0, 0.1) is 11.8 Å². The molecular weight excluding hydrogens is 196 g/mol. The summed E-state index contributed by atoms with van der Waals surface area (Å²) in [5.41, 5.74) is 0. The minimum absolute atomic E-state index is 0.270. The lowest BCUT2D eigenvalue weighted by Crippen LogP contribution is -1.81. The molecule has 0 unspecified atom stereocenters. The Bertz CT molecular complexity index is 176. The number of hydrogen-bond acceptors (Lipinski definition) is 1. The van der Waals surface area contributed by atoms with E-state index in [0.717, 1.165) is 19.3 Å². The van der Waals surface area contributed by atoms with E-state index < -0.39 is 0 Å². The van der Waals surface area contributed by atoms with Crippen molar-refractivity contribution in [3.63, 3.8) is 0 Å². The van der Waals surface area contributed by atoms with Gasteiger partial charge in [0.15, 0.2) is 0 Å². The van der Waals surface area contributed by atoms with Crippen LogP contribution >= 0.6 is 0 Å². The predicted octanol–water partition coefficient (Wildman–Crippen LogP) is 4.29.